The molecule has 8 nitrogen and oxygen atoms in total. The van der Waals surface area contributed by atoms with Gasteiger partial charge in [0.05, 0.1) is 17.6 Å². The number of nitrogens with zero attached hydrogens (tertiary/aromatic N) is 6. The minimum Gasteiger partial charge on any atom is -0.413 e. The molecule has 0 aliphatic rings. The van der Waals surface area contributed by atoms with Gasteiger partial charge in [0, 0.05) is 25.4 Å². The second-order valence-electron chi connectivity index (χ2n) is 6.97. The first-order valence-electron chi connectivity index (χ1n) is 9.30. The Morgan fingerprint density at radius 1 is 0.967 bits per heavy atom. The molecule has 0 amide bonds. The van der Waals surface area contributed by atoms with Crippen molar-refractivity contribution >= 4 is 11.5 Å². The first-order chi connectivity index (χ1) is 14.4. The summed E-state index contributed by atoms with van der Waals surface area (Å²) in [7, 11) is 3.93. The van der Waals surface area contributed by atoms with Gasteiger partial charge in [-0.1, -0.05) is 36.9 Å². The Morgan fingerprint density at radius 2 is 1.70 bits per heavy atom. The summed E-state index contributed by atoms with van der Waals surface area (Å²) in [5, 5.41) is 8.21. The fourth-order valence-corrected chi connectivity index (χ4v) is 2.88. The number of nitrogen functional groups attached to an aromatic ring is 1. The molecule has 0 aliphatic heterocycles. The molecule has 0 saturated heterocycles. The van der Waals surface area contributed by atoms with Gasteiger partial charge < -0.3 is 15.1 Å². The van der Waals surface area contributed by atoms with E-state index >= 15 is 0 Å². The van der Waals surface area contributed by atoms with E-state index in [2.05, 4.69) is 26.7 Å². The average molecular weight is 399 g/mol. The normalized spacial score (nSPS) is 10.8. The molecule has 1 aromatic carbocycles. The van der Waals surface area contributed by atoms with Crippen LogP contribution >= 0.6 is 0 Å². The zero-order valence-corrected chi connectivity index (χ0v) is 17.0. The van der Waals surface area contributed by atoms with Crippen molar-refractivity contribution < 1.29 is 4.42 Å². The van der Waals surface area contributed by atoms with Gasteiger partial charge in [-0.05, 0) is 24.6 Å². The zero-order valence-electron chi connectivity index (χ0n) is 17.0. The molecule has 0 fully saturated rings. The van der Waals surface area contributed by atoms with Crippen LogP contribution in [0.25, 0.3) is 40.1 Å². The Kier molecular flexibility index (Phi) is 4.97. The third-order valence-corrected chi connectivity index (χ3v) is 4.63. The van der Waals surface area contributed by atoms with Gasteiger partial charge in [0.2, 0.25) is 0 Å². The molecule has 4 rings (SSSR count). The predicted octanol–water partition coefficient (Wildman–Crippen LogP) is 3.68. The Bertz CT molecular complexity index is 1210. The number of hydrogen-bond donors (Lipinski definition) is 1. The Hall–Kier alpha value is -4.07. The number of benzene rings is 1. The predicted molar refractivity (Wildman–Crippen MR) is 116 cm³/mol. The van der Waals surface area contributed by atoms with Crippen molar-refractivity contribution in [1.82, 2.24) is 30.0 Å². The van der Waals surface area contributed by atoms with E-state index in [0.717, 1.165) is 16.8 Å². The maximum Gasteiger partial charge on any atom is 0.268 e. The standard InChI is InChI=1S/C22H21N7O/c1-13-20(22-28-27-21(30-22)17-6-5-7-19(23)25-17)26-18(12-24-13)16-10-8-15(9-11-16)14(2)29(3)4/h5-12H,2H2,1,3-4H3,(H2,23,25). The molecule has 3 heterocycles. The van der Waals surface area contributed by atoms with Crippen molar-refractivity contribution in [3.63, 3.8) is 0 Å². The zero-order chi connectivity index (χ0) is 21.3. The molecule has 0 radical (unpaired) electrons. The van der Waals surface area contributed by atoms with E-state index in [0.29, 0.717) is 28.6 Å². The smallest absolute Gasteiger partial charge is 0.268 e. The quantitative estimate of drug-likeness (QED) is 0.542. The van der Waals surface area contributed by atoms with Gasteiger partial charge in [-0.15, -0.1) is 10.2 Å². The van der Waals surface area contributed by atoms with Gasteiger partial charge >= 0.3 is 0 Å². The van der Waals surface area contributed by atoms with Crippen LogP contribution in [0.15, 0.2) is 59.7 Å². The van der Waals surface area contributed by atoms with E-state index in [-0.39, 0.29) is 11.8 Å². The second kappa shape index (κ2) is 7.75. The summed E-state index contributed by atoms with van der Waals surface area (Å²) in [5.41, 5.74) is 11.1. The van der Waals surface area contributed by atoms with E-state index in [1.165, 1.54) is 0 Å². The van der Waals surface area contributed by atoms with Crippen molar-refractivity contribution in [3.05, 3.63) is 66.5 Å². The molecule has 0 atom stereocenters. The van der Waals surface area contributed by atoms with E-state index < -0.39 is 0 Å². The highest BCUT2D eigenvalue weighted by molar-refractivity contribution is 5.68. The lowest BCUT2D eigenvalue weighted by Crippen LogP contribution is -2.08. The van der Waals surface area contributed by atoms with Crippen LogP contribution in [0.3, 0.4) is 0 Å². The molecule has 30 heavy (non-hydrogen) atoms. The van der Waals surface area contributed by atoms with Crippen molar-refractivity contribution in [1.29, 1.82) is 0 Å². The summed E-state index contributed by atoms with van der Waals surface area (Å²) in [4.78, 5) is 15.4. The molecule has 0 aliphatic carbocycles. The molecular weight excluding hydrogens is 378 g/mol. The largest absolute Gasteiger partial charge is 0.413 e. The monoisotopic (exact) mass is 399 g/mol. The lowest BCUT2D eigenvalue weighted by molar-refractivity contribution is 0.579. The van der Waals surface area contributed by atoms with Crippen LogP contribution in [0, 0.1) is 6.92 Å². The van der Waals surface area contributed by atoms with Crippen molar-refractivity contribution in [2.24, 2.45) is 0 Å². The molecule has 150 valence electrons. The Morgan fingerprint density at radius 3 is 2.40 bits per heavy atom. The van der Waals surface area contributed by atoms with Crippen LogP contribution in [0.4, 0.5) is 5.82 Å². The Labute approximate surface area is 174 Å². The lowest BCUT2D eigenvalue weighted by Gasteiger charge is -2.16. The summed E-state index contributed by atoms with van der Waals surface area (Å²) in [6.07, 6.45) is 1.73. The molecule has 0 spiro atoms. The molecule has 2 N–H and O–H groups in total. The van der Waals surface area contributed by atoms with Gasteiger partial charge in [0.15, 0.2) is 0 Å². The first kappa shape index (κ1) is 19.3. The molecule has 8 heteroatoms. The maximum absolute atomic E-state index is 5.80. The lowest BCUT2D eigenvalue weighted by atomic mass is 10.1. The average Bonchev–Trinajstić information content (AvgIpc) is 3.24. The minimum absolute atomic E-state index is 0.274. The van der Waals surface area contributed by atoms with Crippen molar-refractivity contribution in [2.75, 3.05) is 19.8 Å². The maximum atomic E-state index is 5.80. The molecule has 0 bridgehead atoms. The SMILES string of the molecule is C=C(c1ccc(-c2cnc(C)c(-c3nnc(-c4cccc(N)n4)o3)n2)cc1)N(C)C. The molecule has 0 unspecified atom stereocenters. The summed E-state index contributed by atoms with van der Waals surface area (Å²) >= 11 is 0. The third kappa shape index (κ3) is 3.75. The highest BCUT2D eigenvalue weighted by Crippen LogP contribution is 2.27. The van der Waals surface area contributed by atoms with Crippen molar-refractivity contribution in [2.45, 2.75) is 6.92 Å². The molecule has 0 saturated carbocycles. The number of nitrogens with two attached hydrogens (primary N) is 1. The number of pyridine rings is 1. The summed E-state index contributed by atoms with van der Waals surface area (Å²) in [6.45, 7) is 5.93. The first-order valence-corrected chi connectivity index (χ1v) is 9.30. The van der Waals surface area contributed by atoms with Crippen LogP contribution in [0.1, 0.15) is 11.3 Å². The van der Waals surface area contributed by atoms with Gasteiger partial charge in [-0.2, -0.15) is 0 Å². The third-order valence-electron chi connectivity index (χ3n) is 4.63. The molecule has 3 aromatic heterocycles. The summed E-state index contributed by atoms with van der Waals surface area (Å²) in [6, 6.07) is 13.2. The van der Waals surface area contributed by atoms with Gasteiger partial charge in [0.1, 0.15) is 17.2 Å². The second-order valence-corrected chi connectivity index (χ2v) is 6.97. The van der Waals surface area contributed by atoms with Crippen LogP contribution < -0.4 is 5.73 Å². The Balaban J connectivity index is 1.67. The number of aryl methyl sites for hydroxylation is 1. The van der Waals surface area contributed by atoms with Crippen molar-refractivity contribution in [3.8, 4) is 34.4 Å². The minimum atomic E-state index is 0.274. The van der Waals surface area contributed by atoms with E-state index in [9.17, 15) is 0 Å². The van der Waals surface area contributed by atoms with Crippen LogP contribution in [0.2, 0.25) is 0 Å². The highest BCUT2D eigenvalue weighted by atomic mass is 16.4. The fourth-order valence-electron chi connectivity index (χ4n) is 2.88. The van der Waals surface area contributed by atoms with E-state index in [1.807, 2.05) is 50.2 Å². The van der Waals surface area contributed by atoms with Gasteiger partial charge in [-0.3, -0.25) is 4.98 Å². The van der Waals surface area contributed by atoms with E-state index in [1.54, 1.807) is 24.4 Å². The topological polar surface area (TPSA) is 107 Å². The van der Waals surface area contributed by atoms with Crippen LogP contribution in [-0.2, 0) is 0 Å². The fraction of sp³-hybridized carbons (Fsp3) is 0.136. The summed E-state index contributed by atoms with van der Waals surface area (Å²) in [5.74, 6) is 0.930. The molecular formula is C22H21N7O. The van der Waals surface area contributed by atoms with Crippen LogP contribution in [0.5, 0.6) is 0 Å². The number of aromatic nitrogens is 5. The van der Waals surface area contributed by atoms with Crippen LogP contribution in [-0.4, -0.2) is 44.1 Å². The number of rotatable bonds is 5. The molecule has 4 aromatic rings. The number of anilines is 1. The number of hydrogen-bond acceptors (Lipinski definition) is 8. The highest BCUT2D eigenvalue weighted by Gasteiger charge is 2.17. The van der Waals surface area contributed by atoms with E-state index in [4.69, 9.17) is 15.1 Å². The summed E-state index contributed by atoms with van der Waals surface area (Å²) < 4.78 is 5.80. The van der Waals surface area contributed by atoms with Gasteiger partial charge in [0.25, 0.3) is 11.8 Å². The van der Waals surface area contributed by atoms with Gasteiger partial charge in [-0.25, -0.2) is 9.97 Å².